The molecule has 0 saturated heterocycles. The molecule has 0 spiro atoms. The Bertz CT molecular complexity index is 780. The van der Waals surface area contributed by atoms with Gasteiger partial charge in [-0.1, -0.05) is 0 Å². The van der Waals surface area contributed by atoms with Crippen LogP contribution in [0.5, 0.6) is 5.88 Å². The molecule has 1 aliphatic carbocycles. The summed E-state index contributed by atoms with van der Waals surface area (Å²) < 4.78 is 5.01. The highest BCUT2D eigenvalue weighted by molar-refractivity contribution is 5.94. The summed E-state index contributed by atoms with van der Waals surface area (Å²) in [5.74, 6) is -0.445. The molecule has 3 rings (SSSR count). The molecule has 1 aliphatic rings. The van der Waals surface area contributed by atoms with E-state index in [1.54, 1.807) is 12.3 Å². The molecule has 9 heteroatoms. The Morgan fingerprint density at radius 2 is 2.19 bits per heavy atom. The lowest BCUT2D eigenvalue weighted by atomic mass is 10.1. The topological polar surface area (TPSA) is 129 Å². The number of hydrogen-bond acceptors (Lipinski definition) is 6. The van der Waals surface area contributed by atoms with Crippen LogP contribution in [0.15, 0.2) is 30.6 Å². The quantitative estimate of drug-likeness (QED) is 0.542. The molecule has 0 unspecified atom stereocenters. The smallest absolute Gasteiger partial charge is 0.251 e. The van der Waals surface area contributed by atoms with Gasteiger partial charge in [0, 0.05) is 48.6 Å². The van der Waals surface area contributed by atoms with Gasteiger partial charge in [-0.15, -0.1) is 0 Å². The Morgan fingerprint density at radius 1 is 1.33 bits per heavy atom. The van der Waals surface area contributed by atoms with Crippen LogP contribution < -0.4 is 15.4 Å². The molecule has 1 saturated carbocycles. The molecule has 0 aliphatic heterocycles. The Labute approximate surface area is 156 Å². The van der Waals surface area contributed by atoms with Crippen molar-refractivity contribution in [2.45, 2.75) is 31.4 Å². The molecule has 2 aromatic rings. The lowest BCUT2D eigenvalue weighted by Gasteiger charge is -2.16. The monoisotopic (exact) mass is 373 g/mol. The fourth-order valence-corrected chi connectivity index (χ4v) is 3.19. The molecule has 1 fully saturated rings. The molecule has 144 valence electrons. The van der Waals surface area contributed by atoms with Crippen LogP contribution in [0.4, 0.5) is 0 Å². The number of aromatic amines is 1. The van der Waals surface area contributed by atoms with Gasteiger partial charge in [-0.05, 0) is 25.0 Å². The first-order chi connectivity index (χ1) is 13.1. The van der Waals surface area contributed by atoms with Gasteiger partial charge in [-0.2, -0.15) is 5.10 Å². The second-order valence-electron chi connectivity index (χ2n) is 6.53. The zero-order valence-corrected chi connectivity index (χ0v) is 15.0. The molecule has 2 heterocycles. The van der Waals surface area contributed by atoms with E-state index >= 15 is 0 Å². The Morgan fingerprint density at radius 3 is 2.93 bits per heavy atom. The molecular formula is C18H23N5O4. The van der Waals surface area contributed by atoms with E-state index in [1.807, 2.05) is 6.07 Å². The Balaban J connectivity index is 1.49. The summed E-state index contributed by atoms with van der Waals surface area (Å²) in [6.07, 6.45) is 3.75. The van der Waals surface area contributed by atoms with Crippen molar-refractivity contribution in [3.05, 3.63) is 41.9 Å². The molecule has 0 bridgehead atoms. The SMILES string of the molecule is COc1cc(C(=O)N[C@H]2C[C@H](C(=O)NCCc3ccn[nH]3)C[C@@H]2O)ccn1. The molecule has 9 nitrogen and oxygen atoms in total. The van der Waals surface area contributed by atoms with Gasteiger partial charge in [0.1, 0.15) is 0 Å². The van der Waals surface area contributed by atoms with Crippen LogP contribution in [0.1, 0.15) is 28.9 Å². The first kappa shape index (κ1) is 18.8. The minimum Gasteiger partial charge on any atom is -0.481 e. The first-order valence-corrected chi connectivity index (χ1v) is 8.81. The van der Waals surface area contributed by atoms with Gasteiger partial charge in [-0.3, -0.25) is 14.7 Å². The van der Waals surface area contributed by atoms with Crippen molar-refractivity contribution >= 4 is 11.8 Å². The van der Waals surface area contributed by atoms with Crippen molar-refractivity contribution < 1.29 is 19.4 Å². The van der Waals surface area contributed by atoms with Crippen LogP contribution in [-0.4, -0.2) is 57.9 Å². The predicted molar refractivity (Wildman–Crippen MR) is 96.1 cm³/mol. The number of aliphatic hydroxyl groups excluding tert-OH is 1. The number of amides is 2. The number of hydrogen-bond donors (Lipinski definition) is 4. The van der Waals surface area contributed by atoms with Gasteiger partial charge in [0.15, 0.2) is 0 Å². The van der Waals surface area contributed by atoms with E-state index in [2.05, 4.69) is 25.8 Å². The number of carbonyl (C=O) groups excluding carboxylic acids is 2. The zero-order valence-electron chi connectivity index (χ0n) is 15.0. The van der Waals surface area contributed by atoms with Crippen LogP contribution in [0.25, 0.3) is 0 Å². The number of rotatable bonds is 7. The number of ether oxygens (including phenoxy) is 1. The average Bonchev–Trinajstić information content (AvgIpc) is 3.32. The summed E-state index contributed by atoms with van der Waals surface area (Å²) in [7, 11) is 1.47. The average molecular weight is 373 g/mol. The third-order valence-electron chi connectivity index (χ3n) is 4.67. The Hall–Kier alpha value is -2.94. The maximum absolute atomic E-state index is 12.4. The van der Waals surface area contributed by atoms with Crippen molar-refractivity contribution in [2.24, 2.45) is 5.92 Å². The maximum atomic E-state index is 12.4. The van der Waals surface area contributed by atoms with Gasteiger partial charge in [0.2, 0.25) is 11.8 Å². The summed E-state index contributed by atoms with van der Waals surface area (Å²) >= 11 is 0. The lowest BCUT2D eigenvalue weighted by Crippen LogP contribution is -2.40. The number of H-pyrrole nitrogens is 1. The normalized spacial score (nSPS) is 21.6. The molecule has 4 N–H and O–H groups in total. The van der Waals surface area contributed by atoms with E-state index in [-0.39, 0.29) is 17.7 Å². The molecular weight excluding hydrogens is 350 g/mol. The number of nitrogens with zero attached hydrogens (tertiary/aromatic N) is 2. The second-order valence-corrected chi connectivity index (χ2v) is 6.53. The highest BCUT2D eigenvalue weighted by atomic mass is 16.5. The summed E-state index contributed by atoms with van der Waals surface area (Å²) in [5, 5.41) is 22.6. The number of pyridine rings is 1. The molecule has 0 radical (unpaired) electrons. The predicted octanol–water partition coefficient (Wildman–Crippen LogP) is 0.0415. The van der Waals surface area contributed by atoms with Crippen molar-refractivity contribution in [1.29, 1.82) is 0 Å². The fourth-order valence-electron chi connectivity index (χ4n) is 3.19. The van der Waals surface area contributed by atoms with E-state index in [0.29, 0.717) is 37.3 Å². The third-order valence-corrected chi connectivity index (χ3v) is 4.67. The highest BCUT2D eigenvalue weighted by Gasteiger charge is 2.37. The number of carbonyl (C=O) groups is 2. The van der Waals surface area contributed by atoms with E-state index in [1.165, 1.54) is 19.4 Å². The number of methoxy groups -OCH3 is 1. The van der Waals surface area contributed by atoms with Crippen LogP contribution >= 0.6 is 0 Å². The molecule has 2 aromatic heterocycles. The molecule has 0 aromatic carbocycles. The molecule has 2 amide bonds. The van der Waals surface area contributed by atoms with Crippen LogP contribution in [0, 0.1) is 5.92 Å². The lowest BCUT2D eigenvalue weighted by molar-refractivity contribution is -0.125. The van der Waals surface area contributed by atoms with E-state index in [4.69, 9.17) is 4.74 Å². The second kappa shape index (κ2) is 8.63. The minimum absolute atomic E-state index is 0.115. The van der Waals surface area contributed by atoms with Crippen molar-refractivity contribution in [3.63, 3.8) is 0 Å². The van der Waals surface area contributed by atoms with Gasteiger partial charge in [0.25, 0.3) is 5.91 Å². The first-order valence-electron chi connectivity index (χ1n) is 8.81. The summed E-state index contributed by atoms with van der Waals surface area (Å²) in [5.41, 5.74) is 1.33. The zero-order chi connectivity index (χ0) is 19.2. The minimum atomic E-state index is -0.763. The van der Waals surface area contributed by atoms with Gasteiger partial charge >= 0.3 is 0 Å². The number of aliphatic hydroxyl groups is 1. The van der Waals surface area contributed by atoms with E-state index in [9.17, 15) is 14.7 Å². The Kier molecular flexibility index (Phi) is 6.02. The standard InChI is InChI=1S/C18H23N5O4/c1-27-16-10-11(2-5-19-16)18(26)22-14-8-12(9-15(14)24)17(25)20-6-3-13-4-7-21-23-13/h2,4-5,7,10,12,14-15,24H,3,6,8-9H2,1H3,(H,20,25)(H,21,23)(H,22,26)/t12-,14-,15-/m0/s1. The molecule has 3 atom stereocenters. The van der Waals surface area contributed by atoms with Gasteiger partial charge in [0.05, 0.1) is 19.3 Å². The molecule has 27 heavy (non-hydrogen) atoms. The van der Waals surface area contributed by atoms with Crippen molar-refractivity contribution in [3.8, 4) is 5.88 Å². The fraction of sp³-hybridized carbons (Fsp3) is 0.444. The van der Waals surface area contributed by atoms with Gasteiger partial charge in [-0.25, -0.2) is 4.98 Å². The summed E-state index contributed by atoms with van der Waals surface area (Å²) in [4.78, 5) is 28.7. The number of aromatic nitrogens is 3. The highest BCUT2D eigenvalue weighted by Crippen LogP contribution is 2.26. The number of nitrogens with one attached hydrogen (secondary N) is 3. The largest absolute Gasteiger partial charge is 0.481 e. The summed E-state index contributed by atoms with van der Waals surface area (Å²) in [6.45, 7) is 0.488. The van der Waals surface area contributed by atoms with Crippen molar-refractivity contribution in [1.82, 2.24) is 25.8 Å². The van der Waals surface area contributed by atoms with Crippen LogP contribution in [0.3, 0.4) is 0 Å². The third kappa shape index (κ3) is 4.82. The van der Waals surface area contributed by atoms with Crippen LogP contribution in [-0.2, 0) is 11.2 Å². The van der Waals surface area contributed by atoms with Gasteiger partial charge < -0.3 is 20.5 Å². The maximum Gasteiger partial charge on any atom is 0.251 e. The summed E-state index contributed by atoms with van der Waals surface area (Å²) in [6, 6.07) is 4.47. The van der Waals surface area contributed by atoms with Crippen molar-refractivity contribution in [2.75, 3.05) is 13.7 Å². The van der Waals surface area contributed by atoms with Crippen LogP contribution in [0.2, 0.25) is 0 Å². The van der Waals surface area contributed by atoms with E-state index in [0.717, 1.165) is 5.69 Å². The van der Waals surface area contributed by atoms with E-state index < -0.39 is 12.1 Å².